The standard InChI is InChI=1S/C15H20N2O4/c1-2-17(12-9-21-10-13(18)15(12)20)14(19)6-5-11-4-3-7-16-8-11/h3-8,12-13,15,18,20H,2,9-10H2,1H3/b6-5+/t12-,13-,15+/m1/s1. The van der Waals surface area contributed by atoms with Gasteiger partial charge in [-0.15, -0.1) is 0 Å². The van der Waals surface area contributed by atoms with Crippen molar-refractivity contribution in [3.05, 3.63) is 36.2 Å². The molecule has 1 aromatic rings. The van der Waals surface area contributed by atoms with Gasteiger partial charge in [-0.2, -0.15) is 0 Å². The second-order valence-electron chi connectivity index (χ2n) is 4.91. The number of nitrogens with zero attached hydrogens (tertiary/aromatic N) is 2. The van der Waals surface area contributed by atoms with Crippen LogP contribution in [0.15, 0.2) is 30.6 Å². The summed E-state index contributed by atoms with van der Waals surface area (Å²) in [5.41, 5.74) is 0.822. The topological polar surface area (TPSA) is 82.9 Å². The van der Waals surface area contributed by atoms with Gasteiger partial charge >= 0.3 is 0 Å². The van der Waals surface area contributed by atoms with Gasteiger partial charge in [-0.3, -0.25) is 9.78 Å². The third-order valence-corrected chi connectivity index (χ3v) is 3.49. The predicted octanol–water partition coefficient (Wildman–Crippen LogP) is 0.0639. The lowest BCUT2D eigenvalue weighted by molar-refractivity contribution is -0.151. The largest absolute Gasteiger partial charge is 0.388 e. The normalized spacial score (nSPS) is 26.0. The van der Waals surface area contributed by atoms with Crippen LogP contribution in [0.3, 0.4) is 0 Å². The molecule has 0 saturated carbocycles. The molecular formula is C15H20N2O4. The Morgan fingerprint density at radius 2 is 2.33 bits per heavy atom. The summed E-state index contributed by atoms with van der Waals surface area (Å²) in [5, 5.41) is 19.7. The molecule has 114 valence electrons. The van der Waals surface area contributed by atoms with Gasteiger partial charge in [-0.05, 0) is 24.6 Å². The van der Waals surface area contributed by atoms with Gasteiger partial charge in [-0.25, -0.2) is 0 Å². The maximum atomic E-state index is 12.3. The molecule has 0 aromatic carbocycles. The minimum Gasteiger partial charge on any atom is -0.388 e. The molecule has 0 spiro atoms. The van der Waals surface area contributed by atoms with E-state index >= 15 is 0 Å². The summed E-state index contributed by atoms with van der Waals surface area (Å²) in [6.45, 7) is 2.56. The molecule has 2 N–H and O–H groups in total. The number of amides is 1. The first-order valence-corrected chi connectivity index (χ1v) is 6.96. The maximum Gasteiger partial charge on any atom is 0.246 e. The molecule has 21 heavy (non-hydrogen) atoms. The van der Waals surface area contributed by atoms with Crippen LogP contribution in [-0.4, -0.2) is 64.0 Å². The third-order valence-electron chi connectivity index (χ3n) is 3.49. The monoisotopic (exact) mass is 292 g/mol. The molecule has 0 radical (unpaired) electrons. The van der Waals surface area contributed by atoms with Gasteiger partial charge in [0.15, 0.2) is 0 Å². The number of hydrogen-bond donors (Lipinski definition) is 2. The average molecular weight is 292 g/mol. The summed E-state index contributed by atoms with van der Waals surface area (Å²) in [5.74, 6) is -0.233. The molecule has 6 nitrogen and oxygen atoms in total. The fraction of sp³-hybridized carbons (Fsp3) is 0.467. The molecule has 2 heterocycles. The summed E-state index contributed by atoms with van der Waals surface area (Å²) in [6.07, 6.45) is 4.47. The lowest BCUT2D eigenvalue weighted by Gasteiger charge is -2.38. The molecule has 1 fully saturated rings. The number of pyridine rings is 1. The number of rotatable bonds is 4. The fourth-order valence-corrected chi connectivity index (χ4v) is 2.33. The number of likely N-dealkylation sites (N-methyl/N-ethyl adjacent to an activating group) is 1. The summed E-state index contributed by atoms with van der Waals surface area (Å²) in [4.78, 5) is 17.7. The maximum absolute atomic E-state index is 12.3. The molecule has 2 rings (SSSR count). The molecule has 6 heteroatoms. The summed E-state index contributed by atoms with van der Waals surface area (Å²) in [6, 6.07) is 3.09. The van der Waals surface area contributed by atoms with Gasteiger partial charge in [0.05, 0.1) is 19.3 Å². The van der Waals surface area contributed by atoms with Gasteiger partial charge in [0.1, 0.15) is 12.2 Å². The first-order valence-electron chi connectivity index (χ1n) is 6.96. The summed E-state index contributed by atoms with van der Waals surface area (Å²) < 4.78 is 5.22. The minimum atomic E-state index is -0.991. The summed E-state index contributed by atoms with van der Waals surface area (Å²) in [7, 11) is 0. The molecule has 0 bridgehead atoms. The number of aliphatic hydroxyl groups excluding tert-OH is 2. The zero-order chi connectivity index (χ0) is 15.2. The SMILES string of the molecule is CCN(C(=O)/C=C/c1cccnc1)[C@@H]1COC[C@@H](O)[C@H]1O. The second kappa shape index (κ2) is 7.31. The van der Waals surface area contributed by atoms with E-state index in [0.717, 1.165) is 5.56 Å². The van der Waals surface area contributed by atoms with Crippen molar-refractivity contribution in [1.82, 2.24) is 9.88 Å². The number of ether oxygens (including phenoxy) is 1. The Kier molecular flexibility index (Phi) is 5.44. The van der Waals surface area contributed by atoms with Crippen LogP contribution in [0, 0.1) is 0 Å². The number of carbonyl (C=O) groups excluding carboxylic acids is 1. The number of carbonyl (C=O) groups is 1. The molecule has 1 amide bonds. The lowest BCUT2D eigenvalue weighted by Crippen LogP contribution is -2.57. The lowest BCUT2D eigenvalue weighted by atomic mass is 10.0. The van der Waals surface area contributed by atoms with E-state index < -0.39 is 18.2 Å². The van der Waals surface area contributed by atoms with Gasteiger partial charge in [0, 0.05) is 25.0 Å². The van der Waals surface area contributed by atoms with E-state index in [1.165, 1.54) is 11.0 Å². The first kappa shape index (κ1) is 15.6. The zero-order valence-electron chi connectivity index (χ0n) is 11.9. The Labute approximate surface area is 123 Å². The number of aromatic nitrogens is 1. The van der Waals surface area contributed by atoms with E-state index in [1.807, 2.05) is 13.0 Å². The van der Waals surface area contributed by atoms with E-state index in [-0.39, 0.29) is 19.1 Å². The first-order chi connectivity index (χ1) is 10.1. The Balaban J connectivity index is 2.06. The van der Waals surface area contributed by atoms with Gasteiger partial charge in [0.2, 0.25) is 5.91 Å². The van der Waals surface area contributed by atoms with Crippen LogP contribution in [0.4, 0.5) is 0 Å². The van der Waals surface area contributed by atoms with Gasteiger partial charge in [0.25, 0.3) is 0 Å². The average Bonchev–Trinajstić information content (AvgIpc) is 2.51. The van der Waals surface area contributed by atoms with Gasteiger partial charge in [-0.1, -0.05) is 6.07 Å². The van der Waals surface area contributed by atoms with Crippen LogP contribution in [0.1, 0.15) is 12.5 Å². The van der Waals surface area contributed by atoms with Crippen LogP contribution in [-0.2, 0) is 9.53 Å². The molecule has 1 saturated heterocycles. The Bertz CT molecular complexity index is 492. The highest BCUT2D eigenvalue weighted by Gasteiger charge is 2.36. The van der Waals surface area contributed by atoms with Gasteiger partial charge < -0.3 is 19.8 Å². The van der Waals surface area contributed by atoms with Crippen molar-refractivity contribution in [1.29, 1.82) is 0 Å². The Morgan fingerprint density at radius 1 is 1.52 bits per heavy atom. The highest BCUT2D eigenvalue weighted by Crippen LogP contribution is 2.16. The van der Waals surface area contributed by atoms with E-state index in [4.69, 9.17) is 4.74 Å². The molecule has 1 aromatic heterocycles. The molecule has 0 unspecified atom stereocenters. The van der Waals surface area contributed by atoms with E-state index in [0.29, 0.717) is 6.54 Å². The van der Waals surface area contributed by atoms with Crippen molar-refractivity contribution in [3.63, 3.8) is 0 Å². The van der Waals surface area contributed by atoms with Crippen LogP contribution < -0.4 is 0 Å². The zero-order valence-corrected chi connectivity index (χ0v) is 11.9. The van der Waals surface area contributed by atoms with E-state index in [1.54, 1.807) is 24.5 Å². The minimum absolute atomic E-state index is 0.0922. The van der Waals surface area contributed by atoms with E-state index in [2.05, 4.69) is 4.98 Å². The van der Waals surface area contributed by atoms with E-state index in [9.17, 15) is 15.0 Å². The molecule has 0 aliphatic carbocycles. The van der Waals surface area contributed by atoms with Crippen LogP contribution in [0.2, 0.25) is 0 Å². The Hall–Kier alpha value is -1.76. The quantitative estimate of drug-likeness (QED) is 0.767. The number of hydrogen-bond acceptors (Lipinski definition) is 5. The summed E-state index contributed by atoms with van der Waals surface area (Å²) >= 11 is 0. The van der Waals surface area contributed by atoms with Crippen molar-refractivity contribution >= 4 is 12.0 Å². The molecule has 3 atom stereocenters. The Morgan fingerprint density at radius 3 is 3.00 bits per heavy atom. The van der Waals surface area contributed by atoms with Crippen molar-refractivity contribution in [2.75, 3.05) is 19.8 Å². The highest BCUT2D eigenvalue weighted by atomic mass is 16.5. The molecular weight excluding hydrogens is 272 g/mol. The van der Waals surface area contributed by atoms with Crippen LogP contribution in [0.25, 0.3) is 6.08 Å². The fourth-order valence-electron chi connectivity index (χ4n) is 2.33. The van der Waals surface area contributed by atoms with Crippen LogP contribution >= 0.6 is 0 Å². The van der Waals surface area contributed by atoms with Crippen LogP contribution in [0.5, 0.6) is 0 Å². The predicted molar refractivity (Wildman–Crippen MR) is 77.3 cm³/mol. The molecule has 1 aliphatic rings. The van der Waals surface area contributed by atoms with Crippen molar-refractivity contribution in [3.8, 4) is 0 Å². The molecule has 1 aliphatic heterocycles. The van der Waals surface area contributed by atoms with Crippen molar-refractivity contribution in [2.24, 2.45) is 0 Å². The smallest absolute Gasteiger partial charge is 0.246 e. The number of aliphatic hydroxyl groups is 2. The highest BCUT2D eigenvalue weighted by molar-refractivity contribution is 5.92. The third kappa shape index (κ3) is 3.87. The van der Waals surface area contributed by atoms with Crippen molar-refractivity contribution in [2.45, 2.75) is 25.2 Å². The van der Waals surface area contributed by atoms with Crippen molar-refractivity contribution < 1.29 is 19.7 Å². The second-order valence-corrected chi connectivity index (χ2v) is 4.91.